The summed E-state index contributed by atoms with van der Waals surface area (Å²) >= 11 is 0. The number of rotatable bonds is 3. The van der Waals surface area contributed by atoms with Crippen LogP contribution in [0.25, 0.3) is 10.9 Å². The Bertz CT molecular complexity index is 810. The fraction of sp³-hybridized carbons (Fsp3) is 0.133. The van der Waals surface area contributed by atoms with Gasteiger partial charge in [0.05, 0.1) is 12.1 Å². The molecule has 3 aromatic rings. The summed E-state index contributed by atoms with van der Waals surface area (Å²) in [6, 6.07) is 13.1. The van der Waals surface area contributed by atoms with Crippen molar-refractivity contribution < 1.29 is 0 Å². The quantitative estimate of drug-likeness (QED) is 0.786. The molecular formula is C15H14N4O. The number of para-hydroxylation sites is 1. The number of nitrogens with zero attached hydrogens (tertiary/aromatic N) is 3. The van der Waals surface area contributed by atoms with Gasteiger partial charge in [-0.25, -0.2) is 9.67 Å². The van der Waals surface area contributed by atoms with Gasteiger partial charge in [0, 0.05) is 30.3 Å². The van der Waals surface area contributed by atoms with Gasteiger partial charge in [0.2, 0.25) is 0 Å². The Morgan fingerprint density at radius 2 is 2.05 bits per heavy atom. The van der Waals surface area contributed by atoms with E-state index >= 15 is 0 Å². The van der Waals surface area contributed by atoms with E-state index in [2.05, 4.69) is 15.4 Å². The summed E-state index contributed by atoms with van der Waals surface area (Å²) in [7, 11) is 1.82. The molecule has 5 heteroatoms. The largest absolute Gasteiger partial charge is 0.373 e. The van der Waals surface area contributed by atoms with Gasteiger partial charge in [-0.05, 0) is 18.2 Å². The molecule has 0 bridgehead atoms. The molecule has 0 spiro atoms. The van der Waals surface area contributed by atoms with E-state index in [4.69, 9.17) is 0 Å². The van der Waals surface area contributed by atoms with Crippen LogP contribution in [0.15, 0.2) is 53.5 Å². The predicted molar refractivity (Wildman–Crippen MR) is 78.9 cm³/mol. The minimum Gasteiger partial charge on any atom is -0.373 e. The fourth-order valence-corrected chi connectivity index (χ4v) is 2.16. The molecule has 0 atom stereocenters. The Labute approximate surface area is 115 Å². The predicted octanol–water partition coefficient (Wildman–Crippen LogP) is 1.88. The number of hydrogen-bond donors (Lipinski definition) is 1. The highest BCUT2D eigenvalue weighted by atomic mass is 16.1. The molecule has 0 radical (unpaired) electrons. The van der Waals surface area contributed by atoms with Crippen molar-refractivity contribution in [2.45, 2.75) is 6.54 Å². The lowest BCUT2D eigenvalue weighted by molar-refractivity contribution is 0.639. The van der Waals surface area contributed by atoms with Crippen molar-refractivity contribution in [1.82, 2.24) is 14.8 Å². The Balaban J connectivity index is 2.10. The molecule has 0 saturated heterocycles. The number of aromatic nitrogens is 3. The number of anilines is 1. The lowest BCUT2D eigenvalue weighted by Crippen LogP contribution is -2.22. The first-order valence-electron chi connectivity index (χ1n) is 6.36. The smallest absolute Gasteiger partial charge is 0.267 e. The number of nitrogens with one attached hydrogen (secondary N) is 1. The molecule has 0 aliphatic rings. The van der Waals surface area contributed by atoms with E-state index in [0.717, 1.165) is 22.3 Å². The average Bonchev–Trinajstić information content (AvgIpc) is 2.49. The van der Waals surface area contributed by atoms with Crippen molar-refractivity contribution in [2.75, 3.05) is 12.4 Å². The minimum atomic E-state index is -0.122. The van der Waals surface area contributed by atoms with E-state index in [0.29, 0.717) is 6.54 Å². The first-order chi connectivity index (χ1) is 9.78. The Morgan fingerprint density at radius 1 is 1.20 bits per heavy atom. The van der Waals surface area contributed by atoms with Crippen molar-refractivity contribution in [3.05, 3.63) is 64.6 Å². The monoisotopic (exact) mass is 266 g/mol. The first-order valence-corrected chi connectivity index (χ1v) is 6.36. The van der Waals surface area contributed by atoms with Crippen molar-refractivity contribution in [1.29, 1.82) is 0 Å². The van der Waals surface area contributed by atoms with Crippen LogP contribution in [-0.2, 0) is 6.54 Å². The van der Waals surface area contributed by atoms with E-state index < -0.39 is 0 Å². The van der Waals surface area contributed by atoms with Gasteiger partial charge in [0.1, 0.15) is 5.82 Å². The van der Waals surface area contributed by atoms with Crippen molar-refractivity contribution in [3.63, 3.8) is 0 Å². The van der Waals surface area contributed by atoms with E-state index in [1.807, 2.05) is 37.4 Å². The van der Waals surface area contributed by atoms with Crippen LogP contribution >= 0.6 is 0 Å². The standard InChI is InChI=1S/C15H14N4O/c1-16-15-12(10-19-14(20)7-4-8-17-19)9-11-5-2-3-6-13(11)18-15/h2-9H,10H2,1H3,(H,16,18). The molecule has 0 aliphatic carbocycles. The topological polar surface area (TPSA) is 59.8 Å². The van der Waals surface area contributed by atoms with Crippen LogP contribution in [0.5, 0.6) is 0 Å². The van der Waals surface area contributed by atoms with E-state index in [9.17, 15) is 4.79 Å². The van der Waals surface area contributed by atoms with Crippen molar-refractivity contribution >= 4 is 16.7 Å². The second-order valence-electron chi connectivity index (χ2n) is 4.46. The highest BCUT2D eigenvalue weighted by molar-refractivity contribution is 5.81. The Hall–Kier alpha value is -2.69. The first kappa shape index (κ1) is 12.3. The number of pyridine rings is 1. The molecule has 0 fully saturated rings. The third-order valence-corrected chi connectivity index (χ3v) is 3.15. The molecule has 0 saturated carbocycles. The zero-order valence-electron chi connectivity index (χ0n) is 11.1. The fourth-order valence-electron chi connectivity index (χ4n) is 2.16. The SMILES string of the molecule is CNc1nc2ccccc2cc1Cn1ncccc1=O. The van der Waals surface area contributed by atoms with Gasteiger partial charge in [0.15, 0.2) is 0 Å². The average molecular weight is 266 g/mol. The second-order valence-corrected chi connectivity index (χ2v) is 4.46. The number of fused-ring (bicyclic) bond motifs is 1. The Kier molecular flexibility index (Phi) is 3.16. The van der Waals surface area contributed by atoms with Crippen LogP contribution in [0.4, 0.5) is 5.82 Å². The van der Waals surface area contributed by atoms with Gasteiger partial charge < -0.3 is 5.32 Å². The summed E-state index contributed by atoms with van der Waals surface area (Å²) in [4.78, 5) is 16.3. The van der Waals surface area contributed by atoms with Gasteiger partial charge >= 0.3 is 0 Å². The molecule has 2 heterocycles. The van der Waals surface area contributed by atoms with Gasteiger partial charge in [-0.15, -0.1) is 0 Å². The van der Waals surface area contributed by atoms with Crippen LogP contribution in [0.1, 0.15) is 5.56 Å². The molecule has 3 rings (SSSR count). The van der Waals surface area contributed by atoms with E-state index in [1.165, 1.54) is 10.7 Å². The molecule has 100 valence electrons. The maximum Gasteiger partial charge on any atom is 0.267 e. The highest BCUT2D eigenvalue weighted by Gasteiger charge is 2.07. The maximum atomic E-state index is 11.7. The van der Waals surface area contributed by atoms with Gasteiger partial charge in [-0.1, -0.05) is 18.2 Å². The lowest BCUT2D eigenvalue weighted by Gasteiger charge is -2.10. The normalized spacial score (nSPS) is 10.7. The van der Waals surface area contributed by atoms with E-state index in [-0.39, 0.29) is 5.56 Å². The van der Waals surface area contributed by atoms with Crippen LogP contribution < -0.4 is 10.9 Å². The van der Waals surface area contributed by atoms with Gasteiger partial charge in [0.25, 0.3) is 5.56 Å². The van der Waals surface area contributed by atoms with E-state index in [1.54, 1.807) is 12.3 Å². The minimum absolute atomic E-state index is 0.122. The van der Waals surface area contributed by atoms with Crippen LogP contribution in [0.3, 0.4) is 0 Å². The van der Waals surface area contributed by atoms with Crippen LogP contribution in [0, 0.1) is 0 Å². The van der Waals surface area contributed by atoms with Crippen LogP contribution in [0.2, 0.25) is 0 Å². The molecule has 5 nitrogen and oxygen atoms in total. The maximum absolute atomic E-state index is 11.7. The molecule has 0 amide bonds. The molecule has 1 N–H and O–H groups in total. The lowest BCUT2D eigenvalue weighted by atomic mass is 10.1. The summed E-state index contributed by atoms with van der Waals surface area (Å²) in [5, 5.41) is 8.20. The summed E-state index contributed by atoms with van der Waals surface area (Å²) < 4.78 is 1.42. The van der Waals surface area contributed by atoms with Crippen molar-refractivity contribution in [2.24, 2.45) is 0 Å². The van der Waals surface area contributed by atoms with Crippen LogP contribution in [-0.4, -0.2) is 21.8 Å². The molecule has 0 unspecified atom stereocenters. The third-order valence-electron chi connectivity index (χ3n) is 3.15. The zero-order chi connectivity index (χ0) is 13.9. The summed E-state index contributed by atoms with van der Waals surface area (Å²) in [6.45, 7) is 0.397. The molecule has 2 aromatic heterocycles. The third kappa shape index (κ3) is 2.25. The molecule has 1 aromatic carbocycles. The highest BCUT2D eigenvalue weighted by Crippen LogP contribution is 2.20. The number of benzene rings is 1. The molecular weight excluding hydrogens is 252 g/mol. The molecule has 0 aliphatic heterocycles. The van der Waals surface area contributed by atoms with Gasteiger partial charge in [-0.2, -0.15) is 5.10 Å². The van der Waals surface area contributed by atoms with Gasteiger partial charge in [-0.3, -0.25) is 4.79 Å². The number of hydrogen-bond acceptors (Lipinski definition) is 4. The summed E-state index contributed by atoms with van der Waals surface area (Å²) in [5.74, 6) is 0.765. The zero-order valence-corrected chi connectivity index (χ0v) is 11.1. The van der Waals surface area contributed by atoms with Crippen molar-refractivity contribution in [3.8, 4) is 0 Å². The summed E-state index contributed by atoms with van der Waals surface area (Å²) in [6.07, 6.45) is 1.61. The molecule has 20 heavy (non-hydrogen) atoms. The second kappa shape index (κ2) is 5.13. The summed E-state index contributed by atoms with van der Waals surface area (Å²) in [5.41, 5.74) is 1.74. The Morgan fingerprint density at radius 3 is 2.85 bits per heavy atom.